The number of aromatic nitrogens is 2. The molecule has 7 nitrogen and oxygen atoms in total. The minimum absolute atomic E-state index is 0.0233. The number of anilines is 1. The zero-order chi connectivity index (χ0) is 14.1. The minimum atomic E-state index is -0.533. The van der Waals surface area contributed by atoms with Crippen LogP contribution in [0.3, 0.4) is 0 Å². The van der Waals surface area contributed by atoms with Crippen molar-refractivity contribution in [2.24, 2.45) is 0 Å². The molecule has 0 amide bonds. The van der Waals surface area contributed by atoms with Gasteiger partial charge in [-0.2, -0.15) is 16.7 Å². The molecule has 0 spiro atoms. The van der Waals surface area contributed by atoms with Crippen LogP contribution in [0.25, 0.3) is 0 Å². The molecule has 0 bridgehead atoms. The Morgan fingerprint density at radius 1 is 1.42 bits per heavy atom. The molecule has 0 saturated carbocycles. The molecule has 0 fully saturated rings. The maximum Gasteiger partial charge on any atom is 0.372 e. The van der Waals surface area contributed by atoms with Crippen LogP contribution < -0.4 is 10.1 Å². The second-order valence-electron chi connectivity index (χ2n) is 3.82. The van der Waals surface area contributed by atoms with Crippen molar-refractivity contribution < 1.29 is 9.66 Å². The molecule has 0 radical (unpaired) electrons. The summed E-state index contributed by atoms with van der Waals surface area (Å²) in [7, 11) is 1.35. The van der Waals surface area contributed by atoms with Gasteiger partial charge in [-0.25, -0.2) is 4.98 Å². The second-order valence-corrected chi connectivity index (χ2v) is 4.80. The largest absolute Gasteiger partial charge is 0.476 e. The molecule has 8 heteroatoms. The highest BCUT2D eigenvalue weighted by Crippen LogP contribution is 2.30. The fraction of sp³-hybridized carbons (Fsp3) is 0.636. The smallest absolute Gasteiger partial charge is 0.372 e. The Labute approximate surface area is 116 Å². The van der Waals surface area contributed by atoms with Crippen molar-refractivity contribution in [1.82, 2.24) is 9.97 Å². The van der Waals surface area contributed by atoms with Gasteiger partial charge in [0.05, 0.1) is 12.0 Å². The van der Waals surface area contributed by atoms with Gasteiger partial charge in [-0.1, -0.05) is 6.42 Å². The summed E-state index contributed by atoms with van der Waals surface area (Å²) in [6.07, 6.45) is 6.52. The molecule has 1 heterocycles. The van der Waals surface area contributed by atoms with Crippen LogP contribution in [0.5, 0.6) is 5.88 Å². The van der Waals surface area contributed by atoms with Gasteiger partial charge in [-0.3, -0.25) is 10.1 Å². The second kappa shape index (κ2) is 8.52. The van der Waals surface area contributed by atoms with Gasteiger partial charge in [0.1, 0.15) is 6.33 Å². The molecule has 0 aliphatic rings. The molecular formula is C11H18N4O3S. The third kappa shape index (κ3) is 4.90. The summed E-state index contributed by atoms with van der Waals surface area (Å²) >= 11 is 1.82. The predicted molar refractivity (Wildman–Crippen MR) is 76.0 cm³/mol. The Kier molecular flexibility index (Phi) is 6.94. The Hall–Kier alpha value is -1.57. The van der Waals surface area contributed by atoms with Gasteiger partial charge < -0.3 is 10.1 Å². The third-order valence-electron chi connectivity index (χ3n) is 2.48. The van der Waals surface area contributed by atoms with E-state index in [-0.39, 0.29) is 17.4 Å². The summed E-state index contributed by atoms with van der Waals surface area (Å²) in [4.78, 5) is 18.1. The van der Waals surface area contributed by atoms with Crippen LogP contribution in [-0.2, 0) is 0 Å². The van der Waals surface area contributed by atoms with Crippen molar-refractivity contribution in [2.75, 3.05) is 31.0 Å². The Morgan fingerprint density at radius 2 is 2.21 bits per heavy atom. The molecular weight excluding hydrogens is 268 g/mol. The number of thioether (sulfide) groups is 1. The van der Waals surface area contributed by atoms with Crippen LogP contribution >= 0.6 is 11.8 Å². The van der Waals surface area contributed by atoms with Crippen molar-refractivity contribution in [2.45, 2.75) is 19.3 Å². The van der Waals surface area contributed by atoms with E-state index in [1.165, 1.54) is 13.4 Å². The maximum absolute atomic E-state index is 11.0. The first-order chi connectivity index (χ1) is 9.20. The quantitative estimate of drug-likeness (QED) is 0.423. The van der Waals surface area contributed by atoms with Gasteiger partial charge in [-0.15, -0.1) is 0 Å². The summed E-state index contributed by atoms with van der Waals surface area (Å²) in [5.41, 5.74) is -0.214. The average molecular weight is 286 g/mol. The molecule has 0 aliphatic heterocycles. The summed E-state index contributed by atoms with van der Waals surface area (Å²) < 4.78 is 4.87. The predicted octanol–water partition coefficient (Wildman–Crippen LogP) is 2.34. The van der Waals surface area contributed by atoms with Crippen molar-refractivity contribution in [3.8, 4) is 5.88 Å². The summed E-state index contributed by atoms with van der Waals surface area (Å²) in [6, 6.07) is 0. The van der Waals surface area contributed by atoms with Gasteiger partial charge in [0, 0.05) is 6.54 Å². The maximum atomic E-state index is 11.0. The molecule has 1 aromatic rings. The highest BCUT2D eigenvalue weighted by molar-refractivity contribution is 7.98. The lowest BCUT2D eigenvalue weighted by molar-refractivity contribution is -0.385. The van der Waals surface area contributed by atoms with E-state index in [0.717, 1.165) is 25.0 Å². The van der Waals surface area contributed by atoms with Crippen molar-refractivity contribution >= 4 is 23.3 Å². The number of rotatable bonds is 9. The number of hydrogen-bond acceptors (Lipinski definition) is 7. The fourth-order valence-electron chi connectivity index (χ4n) is 1.56. The minimum Gasteiger partial charge on any atom is -0.476 e. The lowest BCUT2D eigenvalue weighted by atomic mass is 10.2. The van der Waals surface area contributed by atoms with Crippen LogP contribution in [0.1, 0.15) is 19.3 Å². The molecule has 1 rings (SSSR count). The van der Waals surface area contributed by atoms with Gasteiger partial charge in [0.15, 0.2) is 0 Å². The molecule has 1 N–H and O–H groups in total. The van der Waals surface area contributed by atoms with Crippen molar-refractivity contribution in [3.63, 3.8) is 0 Å². The summed E-state index contributed by atoms with van der Waals surface area (Å²) in [6.45, 7) is 0.648. The van der Waals surface area contributed by atoms with Gasteiger partial charge in [0.25, 0.3) is 5.88 Å². The molecule has 0 unspecified atom stereocenters. The van der Waals surface area contributed by atoms with Crippen LogP contribution in [0.2, 0.25) is 0 Å². The topological polar surface area (TPSA) is 90.2 Å². The fourth-order valence-corrected chi connectivity index (χ4v) is 2.05. The van der Waals surface area contributed by atoms with E-state index in [4.69, 9.17) is 4.74 Å². The lowest BCUT2D eigenvalue weighted by Gasteiger charge is -2.07. The van der Waals surface area contributed by atoms with Crippen molar-refractivity contribution in [3.05, 3.63) is 16.4 Å². The number of nitrogens with one attached hydrogen (secondary N) is 1. The lowest BCUT2D eigenvalue weighted by Crippen LogP contribution is -2.08. The summed E-state index contributed by atoms with van der Waals surface area (Å²) in [5, 5.41) is 13.9. The van der Waals surface area contributed by atoms with E-state index in [1.807, 2.05) is 11.8 Å². The number of unbranched alkanes of at least 4 members (excludes halogenated alkanes) is 2. The number of nitro groups is 1. The number of hydrogen-bond donors (Lipinski definition) is 1. The van der Waals surface area contributed by atoms with Crippen molar-refractivity contribution in [1.29, 1.82) is 0 Å². The van der Waals surface area contributed by atoms with Gasteiger partial charge in [-0.05, 0) is 24.9 Å². The summed E-state index contributed by atoms with van der Waals surface area (Å²) in [5.74, 6) is 1.33. The van der Waals surface area contributed by atoms with Gasteiger partial charge >= 0.3 is 5.69 Å². The van der Waals surface area contributed by atoms with Crippen LogP contribution in [0.15, 0.2) is 6.33 Å². The Bertz CT molecular complexity index is 417. The zero-order valence-corrected chi connectivity index (χ0v) is 11.9. The van der Waals surface area contributed by atoms with E-state index in [2.05, 4.69) is 21.5 Å². The SMILES string of the molecule is COc1ncnc(NCCCCCSC)c1[N+](=O)[O-]. The highest BCUT2D eigenvalue weighted by Gasteiger charge is 2.23. The number of nitrogens with zero attached hydrogens (tertiary/aromatic N) is 3. The van der Waals surface area contributed by atoms with Crippen LogP contribution in [0.4, 0.5) is 11.5 Å². The number of methoxy groups -OCH3 is 1. The first-order valence-corrected chi connectivity index (χ1v) is 7.36. The molecule has 0 aromatic carbocycles. The average Bonchev–Trinajstić information content (AvgIpc) is 2.42. The van der Waals surface area contributed by atoms with E-state index >= 15 is 0 Å². The molecule has 106 valence electrons. The number of ether oxygens (including phenoxy) is 1. The molecule has 19 heavy (non-hydrogen) atoms. The zero-order valence-electron chi connectivity index (χ0n) is 11.1. The first-order valence-electron chi connectivity index (χ1n) is 5.97. The van der Waals surface area contributed by atoms with Crippen LogP contribution in [-0.4, -0.2) is 40.6 Å². The first kappa shape index (κ1) is 15.5. The molecule has 1 aromatic heterocycles. The molecule has 0 saturated heterocycles. The Balaban J connectivity index is 2.55. The van der Waals surface area contributed by atoms with E-state index in [9.17, 15) is 10.1 Å². The van der Waals surface area contributed by atoms with Gasteiger partial charge in [0.2, 0.25) is 5.82 Å². The van der Waals surface area contributed by atoms with E-state index < -0.39 is 4.92 Å². The molecule has 0 aliphatic carbocycles. The normalized spacial score (nSPS) is 10.2. The monoisotopic (exact) mass is 286 g/mol. The third-order valence-corrected chi connectivity index (χ3v) is 3.18. The van der Waals surface area contributed by atoms with Crippen LogP contribution in [0, 0.1) is 10.1 Å². The van der Waals surface area contributed by atoms with E-state index in [0.29, 0.717) is 6.54 Å². The standard InChI is InChI=1S/C11H18N4O3S/c1-18-11-9(15(16)17)10(13-8-14-11)12-6-4-3-5-7-19-2/h8H,3-7H2,1-2H3,(H,12,13,14). The Morgan fingerprint density at radius 3 is 2.84 bits per heavy atom. The van der Waals surface area contributed by atoms with E-state index in [1.54, 1.807) is 0 Å². The highest BCUT2D eigenvalue weighted by atomic mass is 32.2. The molecule has 0 atom stereocenters.